The summed E-state index contributed by atoms with van der Waals surface area (Å²) < 4.78 is 38.0. The second-order valence-electron chi connectivity index (χ2n) is 5.34. The van der Waals surface area contributed by atoms with Crippen LogP contribution in [0.15, 0.2) is 18.2 Å². The van der Waals surface area contributed by atoms with Crippen LogP contribution in [-0.4, -0.2) is 33.0 Å². The van der Waals surface area contributed by atoms with Crippen LogP contribution < -0.4 is 9.86 Å². The SMILES string of the molecule is NS(=O)(=O)NC[C@@H]1CCCN(Cc2c(F)cccc2Cl)C1. The Labute approximate surface area is 129 Å². The molecule has 2 rings (SSSR count). The standard InChI is InChI=1S/C13H19ClFN3O2S/c14-12-4-1-5-13(15)11(12)9-18-6-2-3-10(8-18)7-17-21(16,19)20/h1,4-5,10,17H,2-3,6-9H2,(H2,16,19,20)/t10-/m0/s1. The van der Waals surface area contributed by atoms with Crippen molar-refractivity contribution in [2.24, 2.45) is 11.1 Å². The molecule has 1 fully saturated rings. The van der Waals surface area contributed by atoms with Crippen molar-refractivity contribution in [2.75, 3.05) is 19.6 Å². The number of benzene rings is 1. The molecule has 1 aliphatic rings. The number of nitrogens with one attached hydrogen (secondary N) is 1. The Kier molecular flexibility index (Phi) is 5.56. The number of hydrogen-bond acceptors (Lipinski definition) is 3. The smallest absolute Gasteiger partial charge is 0.274 e. The summed E-state index contributed by atoms with van der Waals surface area (Å²) in [5.74, 6) is -0.144. The third-order valence-electron chi connectivity index (χ3n) is 3.62. The van der Waals surface area contributed by atoms with E-state index < -0.39 is 10.2 Å². The maximum Gasteiger partial charge on any atom is 0.274 e. The van der Waals surface area contributed by atoms with Crippen LogP contribution in [0.25, 0.3) is 0 Å². The van der Waals surface area contributed by atoms with Gasteiger partial charge < -0.3 is 0 Å². The maximum absolute atomic E-state index is 13.8. The van der Waals surface area contributed by atoms with Gasteiger partial charge in [-0.3, -0.25) is 4.90 Å². The number of nitrogens with zero attached hydrogens (tertiary/aromatic N) is 1. The van der Waals surface area contributed by atoms with Gasteiger partial charge in [0, 0.05) is 30.2 Å². The lowest BCUT2D eigenvalue weighted by Gasteiger charge is -2.32. The van der Waals surface area contributed by atoms with Gasteiger partial charge in [0.15, 0.2) is 0 Å². The molecule has 1 heterocycles. The highest BCUT2D eigenvalue weighted by atomic mass is 35.5. The minimum Gasteiger partial charge on any atom is -0.299 e. The molecule has 5 nitrogen and oxygen atoms in total. The Morgan fingerprint density at radius 3 is 2.90 bits per heavy atom. The molecule has 21 heavy (non-hydrogen) atoms. The van der Waals surface area contributed by atoms with E-state index in [9.17, 15) is 12.8 Å². The fourth-order valence-electron chi connectivity index (χ4n) is 2.60. The van der Waals surface area contributed by atoms with E-state index in [1.165, 1.54) is 6.07 Å². The van der Waals surface area contributed by atoms with Crippen molar-refractivity contribution in [1.82, 2.24) is 9.62 Å². The van der Waals surface area contributed by atoms with Crippen LogP contribution in [0.2, 0.25) is 5.02 Å². The van der Waals surface area contributed by atoms with Crippen molar-refractivity contribution in [3.8, 4) is 0 Å². The van der Waals surface area contributed by atoms with Crippen LogP contribution in [-0.2, 0) is 16.8 Å². The summed E-state index contributed by atoms with van der Waals surface area (Å²) in [4.78, 5) is 2.09. The molecule has 1 aromatic carbocycles. The Hall–Kier alpha value is -0.730. The zero-order chi connectivity index (χ0) is 15.5. The van der Waals surface area contributed by atoms with E-state index in [-0.39, 0.29) is 11.7 Å². The number of piperidine rings is 1. The number of hydrogen-bond donors (Lipinski definition) is 2. The van der Waals surface area contributed by atoms with E-state index in [2.05, 4.69) is 9.62 Å². The Morgan fingerprint density at radius 1 is 1.48 bits per heavy atom. The maximum atomic E-state index is 13.8. The van der Waals surface area contributed by atoms with Crippen molar-refractivity contribution in [2.45, 2.75) is 19.4 Å². The van der Waals surface area contributed by atoms with Crippen LogP contribution in [0.5, 0.6) is 0 Å². The van der Waals surface area contributed by atoms with Crippen LogP contribution in [0.1, 0.15) is 18.4 Å². The number of rotatable bonds is 5. The minimum absolute atomic E-state index is 0.169. The van der Waals surface area contributed by atoms with Crippen molar-refractivity contribution in [3.63, 3.8) is 0 Å². The van der Waals surface area contributed by atoms with E-state index in [1.807, 2.05) is 0 Å². The van der Waals surface area contributed by atoms with Gasteiger partial charge >= 0.3 is 0 Å². The quantitative estimate of drug-likeness (QED) is 0.856. The fraction of sp³-hybridized carbons (Fsp3) is 0.538. The minimum atomic E-state index is -3.66. The van der Waals surface area contributed by atoms with Crippen LogP contribution in [0.3, 0.4) is 0 Å². The van der Waals surface area contributed by atoms with Crippen molar-refractivity contribution in [1.29, 1.82) is 0 Å². The molecule has 0 bridgehead atoms. The Balaban J connectivity index is 1.95. The highest BCUT2D eigenvalue weighted by Crippen LogP contribution is 2.24. The first-order valence-electron chi connectivity index (χ1n) is 6.78. The van der Waals surface area contributed by atoms with Crippen molar-refractivity contribution < 1.29 is 12.8 Å². The first-order valence-corrected chi connectivity index (χ1v) is 8.70. The molecule has 0 aliphatic carbocycles. The number of halogens is 2. The van der Waals surface area contributed by atoms with Gasteiger partial charge in [-0.1, -0.05) is 17.7 Å². The lowest BCUT2D eigenvalue weighted by atomic mass is 9.98. The molecule has 0 amide bonds. The molecule has 0 saturated carbocycles. The molecule has 1 aliphatic heterocycles. The summed E-state index contributed by atoms with van der Waals surface area (Å²) in [5.41, 5.74) is 0.485. The second-order valence-corrected chi connectivity index (χ2v) is 7.12. The Morgan fingerprint density at radius 2 is 2.24 bits per heavy atom. The molecule has 1 atom stereocenters. The van der Waals surface area contributed by atoms with Crippen molar-refractivity contribution >= 4 is 21.8 Å². The predicted octanol–water partition coefficient (Wildman–Crippen LogP) is 1.48. The van der Waals surface area contributed by atoms with Gasteiger partial charge in [-0.25, -0.2) is 14.3 Å². The third kappa shape index (κ3) is 5.19. The lowest BCUT2D eigenvalue weighted by Crippen LogP contribution is -2.42. The fourth-order valence-corrected chi connectivity index (χ4v) is 3.29. The van der Waals surface area contributed by atoms with Gasteiger partial charge in [0.05, 0.1) is 0 Å². The molecule has 0 aromatic heterocycles. The lowest BCUT2D eigenvalue weighted by molar-refractivity contribution is 0.167. The van der Waals surface area contributed by atoms with Crippen LogP contribution in [0, 0.1) is 11.7 Å². The monoisotopic (exact) mass is 335 g/mol. The van der Waals surface area contributed by atoms with Gasteiger partial charge in [-0.2, -0.15) is 8.42 Å². The zero-order valence-electron chi connectivity index (χ0n) is 11.6. The Bertz CT molecular complexity index is 577. The first kappa shape index (κ1) is 16.6. The second kappa shape index (κ2) is 7.02. The normalized spacial score (nSPS) is 20.6. The summed E-state index contributed by atoms with van der Waals surface area (Å²) in [7, 11) is -3.66. The molecule has 3 N–H and O–H groups in total. The zero-order valence-corrected chi connectivity index (χ0v) is 13.1. The van der Waals surface area contributed by atoms with Gasteiger partial charge in [0.25, 0.3) is 10.2 Å². The van der Waals surface area contributed by atoms with Crippen LogP contribution in [0.4, 0.5) is 4.39 Å². The third-order valence-corrected chi connectivity index (χ3v) is 4.54. The predicted molar refractivity (Wildman–Crippen MR) is 80.5 cm³/mol. The highest BCUT2D eigenvalue weighted by Gasteiger charge is 2.22. The van der Waals surface area contributed by atoms with Crippen LogP contribution >= 0.6 is 11.6 Å². The topological polar surface area (TPSA) is 75.4 Å². The summed E-state index contributed by atoms with van der Waals surface area (Å²) in [5, 5.41) is 5.35. The first-order chi connectivity index (χ1) is 9.85. The summed E-state index contributed by atoms with van der Waals surface area (Å²) in [6.07, 6.45) is 1.85. The molecule has 0 spiro atoms. The number of likely N-dealkylation sites (tertiary alicyclic amines) is 1. The van der Waals surface area contributed by atoms with Gasteiger partial charge in [0.2, 0.25) is 0 Å². The molecule has 8 heteroatoms. The van der Waals surface area contributed by atoms with Gasteiger partial charge in [-0.05, 0) is 37.4 Å². The van der Waals surface area contributed by atoms with Gasteiger partial charge in [-0.15, -0.1) is 0 Å². The molecule has 118 valence electrons. The van der Waals surface area contributed by atoms with E-state index in [1.54, 1.807) is 12.1 Å². The average Bonchev–Trinajstić information content (AvgIpc) is 2.41. The molecule has 0 radical (unpaired) electrons. The molecule has 1 aromatic rings. The summed E-state index contributed by atoms with van der Waals surface area (Å²) in [6.45, 7) is 2.27. The van der Waals surface area contributed by atoms with E-state index >= 15 is 0 Å². The highest BCUT2D eigenvalue weighted by molar-refractivity contribution is 7.87. The molecule has 0 unspecified atom stereocenters. The summed E-state index contributed by atoms with van der Waals surface area (Å²) >= 11 is 6.03. The molecular weight excluding hydrogens is 317 g/mol. The largest absolute Gasteiger partial charge is 0.299 e. The van der Waals surface area contributed by atoms with E-state index in [0.29, 0.717) is 30.2 Å². The molecule has 1 saturated heterocycles. The van der Waals surface area contributed by atoms with Crippen molar-refractivity contribution in [3.05, 3.63) is 34.6 Å². The number of nitrogens with two attached hydrogens (primary N) is 1. The average molecular weight is 336 g/mol. The van der Waals surface area contributed by atoms with E-state index in [0.717, 1.165) is 19.4 Å². The van der Waals surface area contributed by atoms with E-state index in [4.69, 9.17) is 16.7 Å². The molecular formula is C13H19ClFN3O2S. The summed E-state index contributed by atoms with van der Waals surface area (Å²) in [6, 6.07) is 4.64. The van der Waals surface area contributed by atoms with Gasteiger partial charge in [0.1, 0.15) is 5.82 Å².